The highest BCUT2D eigenvalue weighted by Gasteiger charge is 2.76. The zero-order valence-electron chi connectivity index (χ0n) is 6.55. The Morgan fingerprint density at radius 2 is 1.36 bits per heavy atom. The van der Waals surface area contributed by atoms with Gasteiger partial charge in [0.1, 0.15) is 10.4 Å². The van der Waals surface area contributed by atoms with Gasteiger partial charge in [0, 0.05) is 0 Å². The summed E-state index contributed by atoms with van der Waals surface area (Å²) >= 11 is 0. The van der Waals surface area contributed by atoms with Gasteiger partial charge in [-0.05, 0) is 0 Å². The maximum atomic E-state index is 12.2. The Hall–Kier alpha value is -0.803. The zero-order chi connectivity index (χ0) is 11.8. The minimum absolute atomic E-state index is 0.456. The summed E-state index contributed by atoms with van der Waals surface area (Å²) in [6.07, 6.45) is -6.47. The number of hydrogen-bond acceptors (Lipinski definition) is 1. The number of amides is 1. The predicted molar refractivity (Wildman–Crippen MR) is 34.0 cm³/mol. The van der Waals surface area contributed by atoms with Crippen LogP contribution in [0.25, 0.3) is 0 Å². The maximum Gasteiger partial charge on any atom is 0.460 e. The van der Waals surface area contributed by atoms with Gasteiger partial charge in [0.25, 0.3) is 5.91 Å². The van der Waals surface area contributed by atoms with Crippen molar-refractivity contribution in [3.8, 4) is 0 Å². The van der Waals surface area contributed by atoms with E-state index in [0.717, 1.165) is 4.98 Å². The van der Waals surface area contributed by atoms with Crippen LogP contribution in [0.1, 0.15) is 0 Å². The first-order chi connectivity index (χ1) is 5.98. The molecule has 0 spiro atoms. The van der Waals surface area contributed by atoms with E-state index in [1.807, 2.05) is 0 Å². The summed E-state index contributed by atoms with van der Waals surface area (Å²) in [6, 6.07) is 0. The van der Waals surface area contributed by atoms with Gasteiger partial charge in [0.2, 0.25) is 0 Å². The van der Waals surface area contributed by atoms with Crippen LogP contribution in [0.2, 0.25) is 0 Å². The van der Waals surface area contributed by atoms with Gasteiger partial charge < -0.3 is 4.98 Å². The molecule has 0 atom stereocenters. The zero-order valence-corrected chi connectivity index (χ0v) is 8.55. The molecule has 10 heteroatoms. The second-order valence-electron chi connectivity index (χ2n) is 2.23. The third-order valence-corrected chi connectivity index (χ3v) is 1.72. The molecule has 0 aromatic carbocycles. The maximum absolute atomic E-state index is 12.2. The molecule has 0 aromatic heterocycles. The number of hydrogen-bond donors (Lipinski definition) is 1. The van der Waals surface area contributed by atoms with Crippen LogP contribution >= 0.6 is 0 Å². The molecule has 0 fully saturated rings. The quantitative estimate of drug-likeness (QED) is 0.545. The Bertz CT molecular complexity index is 236. The van der Waals surface area contributed by atoms with Crippen LogP contribution in [-0.2, 0) is 4.79 Å². The monoisotopic (exact) mass is 243 g/mol. The Kier molecular flexibility index (Phi) is 3.21. The van der Waals surface area contributed by atoms with Crippen molar-refractivity contribution in [2.24, 2.45) is 0 Å². The molecule has 0 aliphatic rings. The third-order valence-electron chi connectivity index (χ3n) is 1.26. The highest BCUT2D eigenvalue weighted by molar-refractivity contribution is 6.15. The first kappa shape index (κ1) is 13.2. The first-order valence-electron chi connectivity index (χ1n) is 3.03. The van der Waals surface area contributed by atoms with Crippen molar-refractivity contribution >= 4 is 16.3 Å². The average molecular weight is 243 g/mol. The second-order valence-corrected chi connectivity index (χ2v) is 2.73. The number of carbonyl (C=O) groups excluding carboxylic acids is 1. The summed E-state index contributed by atoms with van der Waals surface area (Å²) < 4.78 is 82.8. The number of halogens is 7. The summed E-state index contributed by atoms with van der Waals surface area (Å²) in [6.45, 7) is 0. The molecular formula is C4H4F7NOSi. The van der Waals surface area contributed by atoms with Crippen molar-refractivity contribution in [2.45, 2.75) is 18.0 Å². The lowest BCUT2D eigenvalue weighted by molar-refractivity contribution is -0.343. The number of carbonyl (C=O) groups is 1. The van der Waals surface area contributed by atoms with Crippen molar-refractivity contribution in [3.63, 3.8) is 0 Å². The summed E-state index contributed by atoms with van der Waals surface area (Å²) in [7, 11) is -0.456. The van der Waals surface area contributed by atoms with Gasteiger partial charge in [-0.2, -0.15) is 30.7 Å². The lowest BCUT2D eigenvalue weighted by Crippen LogP contribution is -2.59. The minimum atomic E-state index is -6.47. The molecule has 0 aromatic rings. The molecule has 0 rings (SSSR count). The summed E-state index contributed by atoms with van der Waals surface area (Å²) in [5.74, 6) is -14.8. The molecule has 0 heterocycles. The Balaban J connectivity index is 5.18. The molecule has 2 nitrogen and oxygen atoms in total. The molecule has 0 bridgehead atoms. The highest BCUT2D eigenvalue weighted by atomic mass is 28.2. The van der Waals surface area contributed by atoms with Gasteiger partial charge in [-0.25, -0.2) is 0 Å². The van der Waals surface area contributed by atoms with Gasteiger partial charge >= 0.3 is 18.0 Å². The number of nitrogens with one attached hydrogen (secondary N) is 1. The molecule has 0 aliphatic carbocycles. The van der Waals surface area contributed by atoms with Gasteiger partial charge in [0.05, 0.1) is 0 Å². The van der Waals surface area contributed by atoms with Crippen LogP contribution < -0.4 is 4.98 Å². The average Bonchev–Trinajstić information content (AvgIpc) is 2.00. The van der Waals surface area contributed by atoms with E-state index in [2.05, 4.69) is 0 Å². The molecule has 84 valence electrons. The topological polar surface area (TPSA) is 29.1 Å². The van der Waals surface area contributed by atoms with Gasteiger partial charge in [-0.15, -0.1) is 0 Å². The van der Waals surface area contributed by atoms with Crippen molar-refractivity contribution < 1.29 is 35.5 Å². The van der Waals surface area contributed by atoms with Crippen LogP contribution in [0.3, 0.4) is 0 Å². The minimum Gasteiger partial charge on any atom is -0.385 e. The van der Waals surface area contributed by atoms with E-state index in [4.69, 9.17) is 0 Å². The lowest BCUT2D eigenvalue weighted by atomic mass is 10.1. The van der Waals surface area contributed by atoms with E-state index in [1.54, 1.807) is 0 Å². The number of alkyl halides is 7. The van der Waals surface area contributed by atoms with E-state index in [0.29, 0.717) is 0 Å². The van der Waals surface area contributed by atoms with Crippen LogP contribution in [0.5, 0.6) is 0 Å². The largest absolute Gasteiger partial charge is 0.460 e. The van der Waals surface area contributed by atoms with Gasteiger partial charge in [-0.3, -0.25) is 4.79 Å². The van der Waals surface area contributed by atoms with E-state index in [-0.39, 0.29) is 0 Å². The summed E-state index contributed by atoms with van der Waals surface area (Å²) in [5.41, 5.74) is 0. The van der Waals surface area contributed by atoms with Crippen molar-refractivity contribution in [1.82, 2.24) is 4.98 Å². The van der Waals surface area contributed by atoms with Crippen molar-refractivity contribution in [3.05, 3.63) is 0 Å². The predicted octanol–water partition coefficient (Wildman–Crippen LogP) is 0.216. The fourth-order valence-corrected chi connectivity index (χ4v) is 0.792. The van der Waals surface area contributed by atoms with Crippen molar-refractivity contribution in [1.29, 1.82) is 0 Å². The van der Waals surface area contributed by atoms with Crippen LogP contribution in [-0.4, -0.2) is 34.3 Å². The van der Waals surface area contributed by atoms with E-state index in [9.17, 15) is 35.5 Å². The molecule has 14 heavy (non-hydrogen) atoms. The first-order valence-corrected chi connectivity index (χ1v) is 4.03. The smallest absolute Gasteiger partial charge is 0.385 e. The Morgan fingerprint density at radius 1 is 1.00 bits per heavy atom. The van der Waals surface area contributed by atoms with E-state index < -0.39 is 34.3 Å². The van der Waals surface area contributed by atoms with E-state index in [1.165, 1.54) is 0 Å². The second kappa shape index (κ2) is 3.40. The van der Waals surface area contributed by atoms with Crippen LogP contribution in [0.15, 0.2) is 0 Å². The molecular weight excluding hydrogens is 239 g/mol. The molecule has 1 N–H and O–H groups in total. The summed E-state index contributed by atoms with van der Waals surface area (Å²) in [4.78, 5) is 11.3. The Labute approximate surface area is 76.0 Å². The highest BCUT2D eigenvalue weighted by Crippen LogP contribution is 2.46. The molecule has 1 amide bonds. The molecule has 0 radical (unpaired) electrons. The van der Waals surface area contributed by atoms with Crippen molar-refractivity contribution in [2.75, 3.05) is 0 Å². The Morgan fingerprint density at radius 3 is 1.57 bits per heavy atom. The van der Waals surface area contributed by atoms with Gasteiger partial charge in [-0.1, -0.05) is 0 Å². The fourth-order valence-electron chi connectivity index (χ4n) is 0.478. The van der Waals surface area contributed by atoms with Gasteiger partial charge in [0.15, 0.2) is 0 Å². The molecule has 0 aliphatic heterocycles. The SMILES string of the molecule is O=C(N[SiH3])C(F)(F)C(F)(F)C(F)(F)F. The molecule has 0 saturated carbocycles. The van der Waals surface area contributed by atoms with Crippen LogP contribution in [0, 0.1) is 0 Å². The lowest BCUT2D eigenvalue weighted by Gasteiger charge is -2.26. The standard InChI is InChI=1S/C4H4F7NOSi/c5-2(6,1(13)12-14)3(7,8)4(9,10)11/h14H3,(H,12,13). The fraction of sp³-hybridized carbons (Fsp3) is 0.750. The molecule has 0 saturated heterocycles. The normalized spacial score (nSPS) is 14.2. The number of rotatable bonds is 2. The van der Waals surface area contributed by atoms with Crippen LogP contribution in [0.4, 0.5) is 30.7 Å². The molecule has 0 unspecified atom stereocenters. The third kappa shape index (κ3) is 1.83. The summed E-state index contributed by atoms with van der Waals surface area (Å²) in [5, 5.41) is 0. The van der Waals surface area contributed by atoms with E-state index >= 15 is 0 Å².